The first-order chi connectivity index (χ1) is 9.59. The average molecular weight is 309 g/mol. The monoisotopic (exact) mass is 309 g/mol. The third-order valence-corrected chi connectivity index (χ3v) is 3.61. The van der Waals surface area contributed by atoms with Gasteiger partial charge >= 0.3 is 5.97 Å². The van der Waals surface area contributed by atoms with Crippen molar-refractivity contribution in [2.24, 2.45) is 5.41 Å². The van der Waals surface area contributed by atoms with Crippen molar-refractivity contribution in [3.05, 3.63) is 29.8 Å². The van der Waals surface area contributed by atoms with Crippen molar-refractivity contribution in [3.63, 3.8) is 0 Å². The summed E-state index contributed by atoms with van der Waals surface area (Å²) in [5.74, 6) is -0.495. The molecule has 0 saturated carbocycles. The largest absolute Gasteiger partial charge is 0.469 e. The number of rotatable bonds is 5. The molecule has 0 radical (unpaired) electrons. The Hall–Kier alpha value is -1.49. The topological polar surface area (TPSA) is 55.4 Å². The van der Waals surface area contributed by atoms with E-state index in [1.807, 2.05) is 19.9 Å². The van der Waals surface area contributed by atoms with E-state index in [0.29, 0.717) is 16.9 Å². The van der Waals surface area contributed by atoms with E-state index in [1.54, 1.807) is 32.0 Å². The van der Waals surface area contributed by atoms with Crippen molar-refractivity contribution in [3.8, 4) is 0 Å². The van der Waals surface area contributed by atoms with Crippen LogP contribution in [0.3, 0.4) is 0 Å². The SMILES string of the molecule is COC(=O)C(C)(C)CC(C)(C)NC(=O)c1ccccc1S. The van der Waals surface area contributed by atoms with Crippen LogP contribution in [0.15, 0.2) is 29.2 Å². The van der Waals surface area contributed by atoms with Crippen molar-refractivity contribution >= 4 is 24.5 Å². The number of ether oxygens (including phenoxy) is 1. The van der Waals surface area contributed by atoms with Crippen LogP contribution >= 0.6 is 12.6 Å². The van der Waals surface area contributed by atoms with Gasteiger partial charge in [-0.1, -0.05) is 12.1 Å². The molecule has 1 N–H and O–H groups in total. The van der Waals surface area contributed by atoms with E-state index in [4.69, 9.17) is 4.74 Å². The number of hydrogen-bond donors (Lipinski definition) is 2. The molecular formula is C16H23NO3S. The number of esters is 1. The van der Waals surface area contributed by atoms with Crippen LogP contribution in [0.2, 0.25) is 0 Å². The first-order valence-corrected chi connectivity index (χ1v) is 7.23. The van der Waals surface area contributed by atoms with Crippen LogP contribution < -0.4 is 5.32 Å². The lowest BCUT2D eigenvalue weighted by molar-refractivity contribution is -0.152. The number of hydrogen-bond acceptors (Lipinski definition) is 4. The molecule has 0 fully saturated rings. The van der Waals surface area contributed by atoms with E-state index in [1.165, 1.54) is 7.11 Å². The molecule has 0 aromatic heterocycles. The summed E-state index contributed by atoms with van der Waals surface area (Å²) in [6.07, 6.45) is 0.465. The molecule has 0 spiro atoms. The Morgan fingerprint density at radius 1 is 1.19 bits per heavy atom. The van der Waals surface area contributed by atoms with Crippen molar-refractivity contribution in [2.45, 2.75) is 44.6 Å². The summed E-state index contributed by atoms with van der Waals surface area (Å²) in [5, 5.41) is 2.95. The van der Waals surface area contributed by atoms with Gasteiger partial charge in [0.1, 0.15) is 0 Å². The van der Waals surface area contributed by atoms with Crippen molar-refractivity contribution in [2.75, 3.05) is 7.11 Å². The van der Waals surface area contributed by atoms with Crippen LogP contribution in [-0.2, 0) is 9.53 Å². The molecule has 21 heavy (non-hydrogen) atoms. The summed E-state index contributed by atoms with van der Waals surface area (Å²) in [6.45, 7) is 7.38. The second-order valence-corrected chi connectivity index (χ2v) is 6.89. The lowest BCUT2D eigenvalue weighted by Gasteiger charge is -2.33. The number of methoxy groups -OCH3 is 1. The lowest BCUT2D eigenvalue weighted by Crippen LogP contribution is -2.48. The smallest absolute Gasteiger partial charge is 0.311 e. The maximum absolute atomic E-state index is 12.3. The summed E-state index contributed by atoms with van der Waals surface area (Å²) in [4.78, 5) is 24.7. The van der Waals surface area contributed by atoms with Gasteiger partial charge in [0.15, 0.2) is 0 Å². The van der Waals surface area contributed by atoms with Crippen LogP contribution in [0.25, 0.3) is 0 Å². The van der Waals surface area contributed by atoms with E-state index in [2.05, 4.69) is 17.9 Å². The van der Waals surface area contributed by atoms with Gasteiger partial charge in [-0.15, -0.1) is 12.6 Å². The van der Waals surface area contributed by atoms with Gasteiger partial charge in [-0.2, -0.15) is 0 Å². The summed E-state index contributed by atoms with van der Waals surface area (Å²) in [7, 11) is 1.37. The van der Waals surface area contributed by atoms with E-state index in [9.17, 15) is 9.59 Å². The molecule has 0 heterocycles. The third kappa shape index (κ3) is 4.77. The molecule has 1 rings (SSSR count). The van der Waals surface area contributed by atoms with E-state index < -0.39 is 11.0 Å². The Bertz CT molecular complexity index is 538. The number of thiol groups is 1. The highest BCUT2D eigenvalue weighted by molar-refractivity contribution is 7.80. The minimum atomic E-state index is -0.675. The van der Waals surface area contributed by atoms with Crippen LogP contribution in [-0.4, -0.2) is 24.5 Å². The fourth-order valence-electron chi connectivity index (χ4n) is 2.54. The summed E-state index contributed by atoms with van der Waals surface area (Å²) < 4.78 is 4.81. The summed E-state index contributed by atoms with van der Waals surface area (Å²) in [6, 6.07) is 7.10. The maximum Gasteiger partial charge on any atom is 0.311 e. The Labute approximate surface area is 131 Å². The van der Waals surface area contributed by atoms with Crippen molar-refractivity contribution in [1.29, 1.82) is 0 Å². The average Bonchev–Trinajstić information content (AvgIpc) is 2.36. The van der Waals surface area contributed by atoms with Crippen LogP contribution in [0.1, 0.15) is 44.5 Å². The van der Waals surface area contributed by atoms with Gasteiger partial charge in [-0.25, -0.2) is 0 Å². The van der Waals surface area contributed by atoms with Gasteiger partial charge < -0.3 is 10.1 Å². The predicted molar refractivity (Wildman–Crippen MR) is 85.7 cm³/mol. The van der Waals surface area contributed by atoms with Gasteiger partial charge in [0, 0.05) is 10.4 Å². The number of nitrogens with one attached hydrogen (secondary N) is 1. The van der Waals surface area contributed by atoms with Crippen LogP contribution in [0.4, 0.5) is 0 Å². The molecule has 1 aromatic rings. The van der Waals surface area contributed by atoms with Gasteiger partial charge in [0.05, 0.1) is 18.1 Å². The normalized spacial score (nSPS) is 11.9. The minimum Gasteiger partial charge on any atom is -0.469 e. The highest BCUT2D eigenvalue weighted by Crippen LogP contribution is 2.29. The van der Waals surface area contributed by atoms with Crippen LogP contribution in [0, 0.1) is 5.41 Å². The number of benzene rings is 1. The predicted octanol–water partition coefficient (Wildman–Crippen LogP) is 3.07. The molecule has 116 valence electrons. The number of carbonyl (C=O) groups is 2. The molecule has 0 unspecified atom stereocenters. The van der Waals surface area contributed by atoms with Gasteiger partial charge in [-0.3, -0.25) is 9.59 Å². The molecule has 0 aliphatic heterocycles. The highest BCUT2D eigenvalue weighted by Gasteiger charge is 2.36. The molecule has 0 atom stereocenters. The zero-order chi connectivity index (χ0) is 16.3. The lowest BCUT2D eigenvalue weighted by atomic mass is 9.80. The van der Waals surface area contributed by atoms with Crippen LogP contribution in [0.5, 0.6) is 0 Å². The fraction of sp³-hybridized carbons (Fsp3) is 0.500. The first-order valence-electron chi connectivity index (χ1n) is 6.78. The molecule has 0 saturated heterocycles. The molecule has 0 aliphatic carbocycles. The summed E-state index contributed by atoms with van der Waals surface area (Å²) in [5.41, 5.74) is -0.707. The van der Waals surface area contributed by atoms with E-state index in [-0.39, 0.29) is 11.9 Å². The number of carbonyl (C=O) groups excluding carboxylic acids is 2. The molecule has 1 aromatic carbocycles. The maximum atomic E-state index is 12.3. The number of amides is 1. The molecule has 4 nitrogen and oxygen atoms in total. The minimum absolute atomic E-state index is 0.203. The Morgan fingerprint density at radius 3 is 2.29 bits per heavy atom. The first kappa shape index (κ1) is 17.6. The Kier molecular flexibility index (Phi) is 5.45. The molecule has 5 heteroatoms. The second-order valence-electron chi connectivity index (χ2n) is 6.41. The fourth-order valence-corrected chi connectivity index (χ4v) is 2.80. The van der Waals surface area contributed by atoms with Crippen molar-refractivity contribution in [1.82, 2.24) is 5.32 Å². The zero-order valence-corrected chi connectivity index (χ0v) is 14.1. The Morgan fingerprint density at radius 2 is 1.76 bits per heavy atom. The van der Waals surface area contributed by atoms with Gasteiger partial charge in [0.2, 0.25) is 0 Å². The zero-order valence-electron chi connectivity index (χ0n) is 13.2. The van der Waals surface area contributed by atoms with Gasteiger partial charge in [0.25, 0.3) is 5.91 Å². The molecule has 0 bridgehead atoms. The van der Waals surface area contributed by atoms with Gasteiger partial charge in [-0.05, 0) is 46.2 Å². The standard InChI is InChI=1S/C16H23NO3S/c1-15(2,14(19)20-5)10-16(3,4)17-13(18)11-8-6-7-9-12(11)21/h6-9,21H,10H2,1-5H3,(H,17,18). The van der Waals surface area contributed by atoms with E-state index >= 15 is 0 Å². The third-order valence-electron chi connectivity index (χ3n) is 3.22. The molecular weight excluding hydrogens is 286 g/mol. The molecule has 0 aliphatic rings. The van der Waals surface area contributed by atoms with E-state index in [0.717, 1.165) is 0 Å². The van der Waals surface area contributed by atoms with Crippen molar-refractivity contribution < 1.29 is 14.3 Å². The summed E-state index contributed by atoms with van der Waals surface area (Å²) >= 11 is 4.29. The Balaban J connectivity index is 2.83. The molecule has 1 amide bonds. The quantitative estimate of drug-likeness (QED) is 0.649. The highest BCUT2D eigenvalue weighted by atomic mass is 32.1. The second kappa shape index (κ2) is 6.52.